The first-order valence-electron chi connectivity index (χ1n) is 9.68. The van der Waals surface area contributed by atoms with Crippen LogP contribution in [-0.2, 0) is 11.3 Å². The standard InChI is InChI=1S/C22H30N2O4.2ClH/c1-26-21-9-8-18(14-22(21)27-2)16-28-17-20(25)15-23-10-12-24(13-11-23)19-6-4-3-5-7-19;;/h3-9,14,20,25H,10-13,15-17H2,1-2H3;2*1H/p-2. The fraction of sp³-hybridized carbons (Fsp3) is 0.455. The van der Waals surface area contributed by atoms with Gasteiger partial charge < -0.3 is 49.0 Å². The average molecular weight is 457 g/mol. The molecule has 1 saturated heterocycles. The van der Waals surface area contributed by atoms with Gasteiger partial charge >= 0.3 is 0 Å². The number of halogens is 2. The molecule has 30 heavy (non-hydrogen) atoms. The highest BCUT2D eigenvalue weighted by Gasteiger charge is 2.19. The summed E-state index contributed by atoms with van der Waals surface area (Å²) >= 11 is 0. The molecule has 1 heterocycles. The number of methoxy groups -OCH3 is 2. The minimum atomic E-state index is -0.497. The van der Waals surface area contributed by atoms with E-state index in [9.17, 15) is 5.11 Å². The molecule has 1 N–H and O–H groups in total. The number of β-amino-alcohol motifs (C(OH)–C–C–N with tert-alkyl or cyclic N) is 1. The SMILES string of the molecule is COc1ccc(COCC(O)CN2CCN(c3ccccc3)CC2)cc1OC.[Cl-].[Cl-]. The molecule has 1 unspecified atom stereocenters. The van der Waals surface area contributed by atoms with E-state index in [4.69, 9.17) is 14.2 Å². The molecule has 3 rings (SSSR count). The van der Waals surface area contributed by atoms with Gasteiger partial charge in [0, 0.05) is 38.4 Å². The number of hydrogen-bond donors (Lipinski definition) is 1. The van der Waals surface area contributed by atoms with Crippen LogP contribution in [0, 0.1) is 0 Å². The normalized spacial score (nSPS) is 15.0. The molecule has 2 aromatic rings. The molecule has 8 heteroatoms. The van der Waals surface area contributed by atoms with E-state index in [1.54, 1.807) is 14.2 Å². The summed E-state index contributed by atoms with van der Waals surface area (Å²) in [7, 11) is 3.23. The van der Waals surface area contributed by atoms with Crippen molar-refractivity contribution in [3.63, 3.8) is 0 Å². The molecule has 0 saturated carbocycles. The molecular weight excluding hydrogens is 427 g/mol. The molecule has 0 radical (unpaired) electrons. The van der Waals surface area contributed by atoms with Crippen LogP contribution in [0.3, 0.4) is 0 Å². The van der Waals surface area contributed by atoms with Crippen LogP contribution in [0.4, 0.5) is 5.69 Å². The van der Waals surface area contributed by atoms with Crippen molar-refractivity contribution >= 4 is 5.69 Å². The van der Waals surface area contributed by atoms with E-state index in [1.807, 2.05) is 24.3 Å². The summed E-state index contributed by atoms with van der Waals surface area (Å²) in [5.41, 5.74) is 2.25. The number of ether oxygens (including phenoxy) is 3. The van der Waals surface area contributed by atoms with Gasteiger partial charge in [-0.2, -0.15) is 0 Å². The van der Waals surface area contributed by atoms with Gasteiger partial charge in [-0.05, 0) is 29.8 Å². The maximum absolute atomic E-state index is 10.3. The Morgan fingerprint density at radius 1 is 0.900 bits per heavy atom. The molecular formula is C22H30Cl2N2O4-2. The zero-order chi connectivity index (χ0) is 19.8. The third kappa shape index (κ3) is 7.52. The number of anilines is 1. The van der Waals surface area contributed by atoms with Gasteiger partial charge in [0.2, 0.25) is 0 Å². The zero-order valence-corrected chi connectivity index (χ0v) is 19.0. The maximum atomic E-state index is 10.3. The lowest BCUT2D eigenvalue weighted by Gasteiger charge is -2.36. The number of hydrogen-bond acceptors (Lipinski definition) is 6. The number of aliphatic hydroxyl groups is 1. The molecule has 0 bridgehead atoms. The van der Waals surface area contributed by atoms with E-state index >= 15 is 0 Å². The van der Waals surface area contributed by atoms with E-state index in [0.717, 1.165) is 31.7 Å². The predicted octanol–water partition coefficient (Wildman–Crippen LogP) is -3.59. The second kappa shape index (κ2) is 13.6. The Balaban J connectivity index is 0.00000225. The van der Waals surface area contributed by atoms with E-state index in [1.165, 1.54) is 5.69 Å². The van der Waals surface area contributed by atoms with Crippen LogP contribution in [0.2, 0.25) is 0 Å². The second-order valence-electron chi connectivity index (χ2n) is 6.98. The Kier molecular flexibility index (Phi) is 11.9. The summed E-state index contributed by atoms with van der Waals surface area (Å²) in [4.78, 5) is 4.68. The summed E-state index contributed by atoms with van der Waals surface area (Å²) in [5.74, 6) is 1.38. The Hall–Kier alpha value is -1.70. The number of para-hydroxylation sites is 1. The smallest absolute Gasteiger partial charge is 0.161 e. The van der Waals surface area contributed by atoms with Crippen LogP contribution in [0.25, 0.3) is 0 Å². The highest BCUT2D eigenvalue weighted by Crippen LogP contribution is 2.27. The van der Waals surface area contributed by atoms with Crippen molar-refractivity contribution in [2.24, 2.45) is 0 Å². The van der Waals surface area contributed by atoms with Crippen LogP contribution in [0.15, 0.2) is 48.5 Å². The Morgan fingerprint density at radius 3 is 2.20 bits per heavy atom. The summed E-state index contributed by atoms with van der Waals surface area (Å²) in [5, 5.41) is 10.3. The molecule has 1 aliphatic heterocycles. The van der Waals surface area contributed by atoms with Crippen LogP contribution >= 0.6 is 0 Å². The Morgan fingerprint density at radius 2 is 1.57 bits per heavy atom. The first kappa shape index (κ1) is 26.3. The third-order valence-corrected chi connectivity index (χ3v) is 4.99. The predicted molar refractivity (Wildman–Crippen MR) is 110 cm³/mol. The Bertz CT molecular complexity index is 728. The highest BCUT2D eigenvalue weighted by atomic mass is 35.5. The molecule has 1 fully saturated rings. The van der Waals surface area contributed by atoms with E-state index in [-0.39, 0.29) is 24.8 Å². The average Bonchev–Trinajstić information content (AvgIpc) is 2.74. The van der Waals surface area contributed by atoms with Crippen molar-refractivity contribution in [2.45, 2.75) is 12.7 Å². The molecule has 1 atom stereocenters. The van der Waals surface area contributed by atoms with Gasteiger partial charge in [-0.25, -0.2) is 0 Å². The van der Waals surface area contributed by atoms with Crippen molar-refractivity contribution < 1.29 is 44.1 Å². The maximum Gasteiger partial charge on any atom is 0.161 e. The molecule has 2 aromatic carbocycles. The minimum absolute atomic E-state index is 0. The first-order valence-corrected chi connectivity index (χ1v) is 9.68. The quantitative estimate of drug-likeness (QED) is 0.421. The zero-order valence-electron chi connectivity index (χ0n) is 17.5. The van der Waals surface area contributed by atoms with Crippen LogP contribution in [0.5, 0.6) is 11.5 Å². The van der Waals surface area contributed by atoms with Gasteiger partial charge in [0.05, 0.1) is 33.5 Å². The summed E-state index contributed by atoms with van der Waals surface area (Å²) in [6.07, 6.45) is -0.497. The highest BCUT2D eigenvalue weighted by molar-refractivity contribution is 5.46. The van der Waals surface area contributed by atoms with Gasteiger partial charge in [-0.15, -0.1) is 0 Å². The van der Waals surface area contributed by atoms with Gasteiger partial charge in [-0.3, -0.25) is 4.90 Å². The molecule has 0 aliphatic carbocycles. The Labute approximate surface area is 191 Å². The fourth-order valence-electron chi connectivity index (χ4n) is 3.46. The fourth-order valence-corrected chi connectivity index (χ4v) is 3.46. The lowest BCUT2D eigenvalue weighted by atomic mass is 10.2. The van der Waals surface area contributed by atoms with Gasteiger partial charge in [0.15, 0.2) is 11.5 Å². The van der Waals surface area contributed by atoms with Gasteiger partial charge in [0.25, 0.3) is 0 Å². The number of piperazine rings is 1. The summed E-state index contributed by atoms with van der Waals surface area (Å²) < 4.78 is 16.2. The first-order chi connectivity index (χ1) is 13.7. The van der Waals surface area contributed by atoms with Crippen LogP contribution in [0.1, 0.15) is 5.56 Å². The van der Waals surface area contributed by atoms with Crippen molar-refractivity contribution in [1.29, 1.82) is 0 Å². The van der Waals surface area contributed by atoms with Crippen LogP contribution in [-0.4, -0.2) is 69.7 Å². The lowest BCUT2D eigenvalue weighted by Crippen LogP contribution is -3.00. The van der Waals surface area contributed by atoms with Gasteiger partial charge in [0.1, 0.15) is 0 Å². The monoisotopic (exact) mass is 456 g/mol. The van der Waals surface area contributed by atoms with Crippen molar-refractivity contribution in [3.05, 3.63) is 54.1 Å². The van der Waals surface area contributed by atoms with Gasteiger partial charge in [-0.1, -0.05) is 24.3 Å². The van der Waals surface area contributed by atoms with Crippen molar-refractivity contribution in [2.75, 3.05) is 58.5 Å². The van der Waals surface area contributed by atoms with Crippen molar-refractivity contribution in [1.82, 2.24) is 4.90 Å². The largest absolute Gasteiger partial charge is 1.00 e. The number of nitrogens with zero attached hydrogens (tertiary/aromatic N) is 2. The summed E-state index contributed by atoms with van der Waals surface area (Å²) in [6.45, 7) is 5.22. The van der Waals surface area contributed by atoms with Crippen LogP contribution < -0.4 is 39.2 Å². The molecule has 0 aromatic heterocycles. The number of aliphatic hydroxyl groups excluding tert-OH is 1. The topological polar surface area (TPSA) is 54.4 Å². The lowest BCUT2D eigenvalue weighted by molar-refractivity contribution is -0.001000. The van der Waals surface area contributed by atoms with E-state index < -0.39 is 6.10 Å². The van der Waals surface area contributed by atoms with E-state index in [0.29, 0.717) is 31.3 Å². The molecule has 1 aliphatic rings. The second-order valence-corrected chi connectivity index (χ2v) is 6.98. The molecule has 0 spiro atoms. The van der Waals surface area contributed by atoms with Crippen molar-refractivity contribution in [3.8, 4) is 11.5 Å². The van der Waals surface area contributed by atoms with E-state index in [2.05, 4.69) is 34.1 Å². The molecule has 168 valence electrons. The molecule has 6 nitrogen and oxygen atoms in total. The summed E-state index contributed by atoms with van der Waals surface area (Å²) in [6, 6.07) is 16.2. The third-order valence-electron chi connectivity index (χ3n) is 4.99. The number of rotatable bonds is 9. The number of benzene rings is 2. The molecule has 0 amide bonds. The minimum Gasteiger partial charge on any atom is -1.00 e.